The first-order chi connectivity index (χ1) is 9.83. The summed E-state index contributed by atoms with van der Waals surface area (Å²) in [5, 5.41) is 3.25. The van der Waals surface area contributed by atoms with Gasteiger partial charge in [-0.25, -0.2) is 4.39 Å². The number of rotatable bonds is 2. The number of ether oxygens (including phenoxy) is 1. The number of hydrogen-bond acceptors (Lipinski definition) is 5. The standard InChI is InChI=1S/C10H14FN3.C5H10O2/c11-9-7-8(1-2-10(9)12)14-5-3-13-4-6-14;1-5(2,3)7-4-6/h1-2,7,13H,3-6,12H2;4H,1-3H3. The van der Waals surface area contributed by atoms with E-state index >= 15 is 0 Å². The summed E-state index contributed by atoms with van der Waals surface area (Å²) in [6.45, 7) is 9.66. The Kier molecular flexibility index (Phi) is 6.42. The van der Waals surface area contributed by atoms with Gasteiger partial charge in [-0.15, -0.1) is 0 Å². The summed E-state index contributed by atoms with van der Waals surface area (Å²) in [6, 6.07) is 4.98. The van der Waals surface area contributed by atoms with Gasteiger partial charge in [-0.2, -0.15) is 0 Å². The molecule has 2 rings (SSSR count). The number of piperazine rings is 1. The van der Waals surface area contributed by atoms with Crippen LogP contribution in [0.15, 0.2) is 18.2 Å². The number of nitrogens with zero attached hydrogens (tertiary/aromatic N) is 1. The molecule has 21 heavy (non-hydrogen) atoms. The summed E-state index contributed by atoms with van der Waals surface area (Å²) in [5.74, 6) is -0.332. The predicted molar refractivity (Wildman–Crippen MR) is 82.8 cm³/mol. The second-order valence-electron chi connectivity index (χ2n) is 5.77. The topological polar surface area (TPSA) is 67.6 Å². The third-order valence-electron chi connectivity index (χ3n) is 2.87. The molecule has 0 radical (unpaired) electrons. The van der Waals surface area contributed by atoms with Crippen molar-refractivity contribution in [3.8, 4) is 0 Å². The van der Waals surface area contributed by atoms with Crippen molar-refractivity contribution in [2.75, 3.05) is 36.8 Å². The molecule has 0 atom stereocenters. The molecule has 1 saturated heterocycles. The fourth-order valence-electron chi connectivity index (χ4n) is 1.78. The van der Waals surface area contributed by atoms with Crippen LogP contribution in [0.4, 0.5) is 15.8 Å². The van der Waals surface area contributed by atoms with E-state index in [9.17, 15) is 9.18 Å². The van der Waals surface area contributed by atoms with Crippen molar-refractivity contribution >= 4 is 17.8 Å². The lowest BCUT2D eigenvalue weighted by Crippen LogP contribution is -2.43. The molecule has 1 aromatic rings. The molecular formula is C15H24FN3O2. The zero-order valence-electron chi connectivity index (χ0n) is 12.9. The van der Waals surface area contributed by atoms with Crippen molar-refractivity contribution in [3.05, 3.63) is 24.0 Å². The minimum absolute atomic E-state index is 0.212. The van der Waals surface area contributed by atoms with Crippen LogP contribution in [0.2, 0.25) is 0 Å². The highest BCUT2D eigenvalue weighted by molar-refractivity contribution is 5.54. The Balaban J connectivity index is 0.000000270. The second-order valence-corrected chi connectivity index (χ2v) is 5.77. The van der Waals surface area contributed by atoms with E-state index in [1.54, 1.807) is 6.07 Å². The van der Waals surface area contributed by atoms with Gasteiger partial charge in [0.2, 0.25) is 0 Å². The van der Waals surface area contributed by atoms with E-state index in [2.05, 4.69) is 15.0 Å². The van der Waals surface area contributed by atoms with Gasteiger partial charge in [0.1, 0.15) is 11.4 Å². The van der Waals surface area contributed by atoms with Crippen molar-refractivity contribution < 1.29 is 13.9 Å². The number of benzene rings is 1. The molecule has 0 aromatic heterocycles. The van der Waals surface area contributed by atoms with Crippen molar-refractivity contribution in [1.82, 2.24) is 5.32 Å². The summed E-state index contributed by atoms with van der Waals surface area (Å²) in [7, 11) is 0. The average molecular weight is 297 g/mol. The van der Waals surface area contributed by atoms with E-state index in [1.807, 2.05) is 26.8 Å². The molecule has 1 aliphatic heterocycles. The van der Waals surface area contributed by atoms with Crippen LogP contribution in [0, 0.1) is 5.82 Å². The molecule has 6 heteroatoms. The van der Waals surface area contributed by atoms with Crippen LogP contribution in [0.1, 0.15) is 20.8 Å². The van der Waals surface area contributed by atoms with Gasteiger partial charge in [0.15, 0.2) is 0 Å². The van der Waals surface area contributed by atoms with E-state index in [0.29, 0.717) is 6.47 Å². The first kappa shape index (κ1) is 17.2. The first-order valence-electron chi connectivity index (χ1n) is 6.95. The number of nitrogens with two attached hydrogens (primary N) is 1. The molecule has 0 aliphatic carbocycles. The lowest BCUT2D eigenvalue weighted by atomic mass is 10.2. The van der Waals surface area contributed by atoms with E-state index in [4.69, 9.17) is 5.73 Å². The van der Waals surface area contributed by atoms with Crippen molar-refractivity contribution in [2.24, 2.45) is 0 Å². The average Bonchev–Trinajstić information content (AvgIpc) is 2.42. The van der Waals surface area contributed by atoms with E-state index in [-0.39, 0.29) is 17.1 Å². The zero-order valence-corrected chi connectivity index (χ0v) is 12.9. The van der Waals surface area contributed by atoms with Gasteiger partial charge in [0, 0.05) is 31.9 Å². The molecular weight excluding hydrogens is 273 g/mol. The maximum absolute atomic E-state index is 13.2. The fourth-order valence-corrected chi connectivity index (χ4v) is 1.78. The van der Waals surface area contributed by atoms with Gasteiger partial charge in [-0.05, 0) is 39.0 Å². The van der Waals surface area contributed by atoms with Crippen LogP contribution in [0.25, 0.3) is 0 Å². The molecule has 1 fully saturated rings. The highest BCUT2D eigenvalue weighted by Crippen LogP contribution is 2.20. The normalized spacial score (nSPS) is 15.0. The highest BCUT2D eigenvalue weighted by atomic mass is 19.1. The van der Waals surface area contributed by atoms with Crippen molar-refractivity contribution in [2.45, 2.75) is 26.4 Å². The maximum atomic E-state index is 13.2. The predicted octanol–water partition coefficient (Wildman–Crippen LogP) is 1.78. The van der Waals surface area contributed by atoms with Crippen molar-refractivity contribution in [1.29, 1.82) is 0 Å². The number of nitrogen functional groups attached to an aromatic ring is 1. The number of nitrogens with one attached hydrogen (secondary N) is 1. The molecule has 0 spiro atoms. The lowest BCUT2D eigenvalue weighted by molar-refractivity contribution is -0.138. The van der Waals surface area contributed by atoms with Crippen LogP contribution in [-0.4, -0.2) is 38.3 Å². The van der Waals surface area contributed by atoms with E-state index in [1.165, 1.54) is 6.07 Å². The van der Waals surface area contributed by atoms with Crippen LogP contribution in [0.3, 0.4) is 0 Å². The number of carbonyl (C=O) groups excluding carboxylic acids is 1. The Hall–Kier alpha value is -1.82. The Morgan fingerprint density at radius 2 is 1.95 bits per heavy atom. The van der Waals surface area contributed by atoms with Gasteiger partial charge in [0.05, 0.1) is 5.69 Å². The number of hydrogen-bond donors (Lipinski definition) is 2. The van der Waals surface area contributed by atoms with Gasteiger partial charge >= 0.3 is 0 Å². The Morgan fingerprint density at radius 1 is 1.33 bits per heavy atom. The lowest BCUT2D eigenvalue weighted by Gasteiger charge is -2.29. The molecule has 1 aliphatic rings. The maximum Gasteiger partial charge on any atom is 0.293 e. The molecule has 0 bridgehead atoms. The molecule has 0 unspecified atom stereocenters. The molecule has 0 saturated carbocycles. The smallest absolute Gasteiger partial charge is 0.293 e. The first-order valence-corrected chi connectivity index (χ1v) is 6.95. The minimum Gasteiger partial charge on any atom is -0.462 e. The summed E-state index contributed by atoms with van der Waals surface area (Å²) in [5.41, 5.74) is 6.22. The molecule has 5 nitrogen and oxygen atoms in total. The third kappa shape index (κ3) is 6.44. The summed E-state index contributed by atoms with van der Waals surface area (Å²) in [4.78, 5) is 11.8. The molecule has 118 valence electrons. The monoisotopic (exact) mass is 297 g/mol. The quantitative estimate of drug-likeness (QED) is 0.643. The van der Waals surface area contributed by atoms with Gasteiger partial charge < -0.3 is 20.7 Å². The Bertz CT molecular complexity index is 455. The van der Waals surface area contributed by atoms with E-state index in [0.717, 1.165) is 31.9 Å². The summed E-state index contributed by atoms with van der Waals surface area (Å²) in [6.07, 6.45) is 0. The molecule has 0 amide bonds. The van der Waals surface area contributed by atoms with Crippen LogP contribution in [-0.2, 0) is 9.53 Å². The van der Waals surface area contributed by atoms with Crippen LogP contribution >= 0.6 is 0 Å². The molecule has 1 heterocycles. The van der Waals surface area contributed by atoms with Crippen LogP contribution in [0.5, 0.6) is 0 Å². The Morgan fingerprint density at radius 3 is 2.38 bits per heavy atom. The molecule has 1 aromatic carbocycles. The van der Waals surface area contributed by atoms with Crippen LogP contribution < -0.4 is 16.0 Å². The number of anilines is 2. The fraction of sp³-hybridized carbons (Fsp3) is 0.533. The Labute approximate surface area is 125 Å². The minimum atomic E-state index is -0.332. The summed E-state index contributed by atoms with van der Waals surface area (Å²) >= 11 is 0. The largest absolute Gasteiger partial charge is 0.462 e. The molecule has 3 N–H and O–H groups in total. The second kappa shape index (κ2) is 7.83. The van der Waals surface area contributed by atoms with Gasteiger partial charge in [-0.3, -0.25) is 4.79 Å². The third-order valence-corrected chi connectivity index (χ3v) is 2.87. The van der Waals surface area contributed by atoms with Gasteiger partial charge in [0.25, 0.3) is 6.47 Å². The van der Waals surface area contributed by atoms with E-state index < -0.39 is 0 Å². The SMILES string of the molecule is CC(C)(C)OC=O.Nc1ccc(N2CCNCC2)cc1F. The highest BCUT2D eigenvalue weighted by Gasteiger charge is 2.11. The summed E-state index contributed by atoms with van der Waals surface area (Å²) < 4.78 is 17.7. The zero-order chi connectivity index (χ0) is 15.9. The number of halogens is 1. The van der Waals surface area contributed by atoms with Crippen molar-refractivity contribution in [3.63, 3.8) is 0 Å². The van der Waals surface area contributed by atoms with Gasteiger partial charge in [-0.1, -0.05) is 0 Å². The number of carbonyl (C=O) groups is 1.